The van der Waals surface area contributed by atoms with Gasteiger partial charge in [0.1, 0.15) is 0 Å². The molecule has 0 saturated carbocycles. The predicted molar refractivity (Wildman–Crippen MR) is 42.9 cm³/mol. The summed E-state index contributed by atoms with van der Waals surface area (Å²) in [5.41, 5.74) is 1.37. The summed E-state index contributed by atoms with van der Waals surface area (Å²) in [6, 6.07) is 10.4. The molecule has 0 heterocycles. The van der Waals surface area contributed by atoms with Gasteiger partial charge in [0.25, 0.3) is 0 Å². The Balaban J connectivity index is 2.43. The van der Waals surface area contributed by atoms with E-state index in [1.165, 1.54) is 5.56 Å². The average molecular weight is 201 g/mol. The Labute approximate surface area is 67.9 Å². The summed E-state index contributed by atoms with van der Waals surface area (Å²) in [5.74, 6) is 0. The number of hydrogen-bond donors (Lipinski definition) is 0. The van der Waals surface area contributed by atoms with Crippen molar-refractivity contribution in [3.05, 3.63) is 35.9 Å². The van der Waals surface area contributed by atoms with Gasteiger partial charge in [0.15, 0.2) is 0 Å². The van der Waals surface area contributed by atoms with E-state index in [4.69, 9.17) is 3.82 Å². The van der Waals surface area contributed by atoms with Crippen molar-refractivity contribution >= 4 is 15.3 Å². The van der Waals surface area contributed by atoms with Crippen LogP contribution in [-0.2, 0) is 9.14 Å². The Morgan fingerprint density at radius 3 is 2.60 bits per heavy atom. The van der Waals surface area contributed by atoms with E-state index >= 15 is 0 Å². The molecule has 10 heavy (non-hydrogen) atoms. The van der Waals surface area contributed by atoms with E-state index in [0.717, 1.165) is 5.32 Å². The van der Waals surface area contributed by atoms with Crippen molar-refractivity contribution in [2.75, 3.05) is 7.11 Å². The molecule has 1 rings (SSSR count). The van der Waals surface area contributed by atoms with E-state index in [1.54, 1.807) is 7.11 Å². The fraction of sp³-hybridized carbons (Fsp3) is 0.250. The first kappa shape index (κ1) is 7.80. The van der Waals surface area contributed by atoms with Gasteiger partial charge >= 0.3 is 67.4 Å². The molecule has 0 aliphatic heterocycles. The summed E-state index contributed by atoms with van der Waals surface area (Å²) in [4.78, 5) is 0. The van der Waals surface area contributed by atoms with Crippen LogP contribution in [0.2, 0.25) is 0 Å². The Bertz CT molecular complexity index is 174. The van der Waals surface area contributed by atoms with E-state index in [9.17, 15) is 0 Å². The molecular formula is C8H10OSe. The molecule has 0 spiro atoms. The Morgan fingerprint density at radius 2 is 2.00 bits per heavy atom. The molecule has 0 saturated heterocycles. The van der Waals surface area contributed by atoms with Crippen LogP contribution >= 0.6 is 0 Å². The summed E-state index contributed by atoms with van der Waals surface area (Å²) >= 11 is 0.321. The summed E-state index contributed by atoms with van der Waals surface area (Å²) in [5, 5.41) is 1.07. The van der Waals surface area contributed by atoms with Crippen LogP contribution in [0.4, 0.5) is 0 Å². The van der Waals surface area contributed by atoms with Crippen molar-refractivity contribution in [1.82, 2.24) is 0 Å². The molecule has 0 bridgehead atoms. The van der Waals surface area contributed by atoms with Gasteiger partial charge in [-0.1, -0.05) is 0 Å². The predicted octanol–water partition coefficient (Wildman–Crippen LogP) is 1.45. The molecule has 1 aromatic rings. The zero-order chi connectivity index (χ0) is 7.23. The van der Waals surface area contributed by atoms with E-state index in [1.807, 2.05) is 6.07 Å². The van der Waals surface area contributed by atoms with Crippen molar-refractivity contribution in [2.45, 2.75) is 5.32 Å². The SMILES string of the molecule is CO[Se]Cc1ccccc1. The quantitative estimate of drug-likeness (QED) is 0.672. The van der Waals surface area contributed by atoms with Gasteiger partial charge in [-0.2, -0.15) is 0 Å². The van der Waals surface area contributed by atoms with E-state index in [-0.39, 0.29) is 0 Å². The maximum atomic E-state index is 5.01. The first-order chi connectivity index (χ1) is 4.93. The Kier molecular flexibility index (Phi) is 3.52. The average Bonchev–Trinajstić information content (AvgIpc) is 2.03. The van der Waals surface area contributed by atoms with E-state index < -0.39 is 0 Å². The second-order valence-electron chi connectivity index (χ2n) is 1.91. The van der Waals surface area contributed by atoms with Crippen LogP contribution < -0.4 is 0 Å². The third kappa shape index (κ3) is 2.52. The minimum atomic E-state index is 0.321. The number of hydrogen-bond acceptors (Lipinski definition) is 1. The van der Waals surface area contributed by atoms with Crippen LogP contribution in [-0.4, -0.2) is 22.4 Å². The monoisotopic (exact) mass is 202 g/mol. The molecule has 54 valence electrons. The van der Waals surface area contributed by atoms with Crippen molar-refractivity contribution in [1.29, 1.82) is 0 Å². The van der Waals surface area contributed by atoms with Crippen LogP contribution in [0.5, 0.6) is 0 Å². The van der Waals surface area contributed by atoms with Crippen molar-refractivity contribution in [2.24, 2.45) is 0 Å². The third-order valence-corrected chi connectivity index (χ3v) is 2.63. The fourth-order valence-electron chi connectivity index (χ4n) is 0.701. The third-order valence-electron chi connectivity index (χ3n) is 1.19. The van der Waals surface area contributed by atoms with E-state index in [0.29, 0.717) is 15.3 Å². The molecule has 0 radical (unpaired) electrons. The first-order valence-corrected chi connectivity index (χ1v) is 5.04. The minimum absolute atomic E-state index is 0.321. The summed E-state index contributed by atoms with van der Waals surface area (Å²) < 4.78 is 5.01. The topological polar surface area (TPSA) is 9.23 Å². The summed E-state index contributed by atoms with van der Waals surface area (Å²) in [7, 11) is 1.75. The molecule has 0 unspecified atom stereocenters. The van der Waals surface area contributed by atoms with Crippen LogP contribution in [0.1, 0.15) is 5.56 Å². The molecule has 0 atom stereocenters. The number of benzene rings is 1. The van der Waals surface area contributed by atoms with Crippen LogP contribution in [0.3, 0.4) is 0 Å². The molecule has 1 aromatic carbocycles. The van der Waals surface area contributed by atoms with Gasteiger partial charge in [0.2, 0.25) is 0 Å². The summed E-state index contributed by atoms with van der Waals surface area (Å²) in [6.07, 6.45) is 0. The standard InChI is InChI=1S/C8H10OSe/c1-9-10-7-8-5-3-2-4-6-8/h2-6H,7H2,1H3. The van der Waals surface area contributed by atoms with Gasteiger partial charge in [0, 0.05) is 0 Å². The molecule has 1 nitrogen and oxygen atoms in total. The normalized spacial score (nSPS) is 9.70. The van der Waals surface area contributed by atoms with Crippen molar-refractivity contribution in [3.63, 3.8) is 0 Å². The van der Waals surface area contributed by atoms with Gasteiger partial charge in [-0.25, -0.2) is 0 Å². The van der Waals surface area contributed by atoms with Crippen LogP contribution in [0, 0.1) is 0 Å². The van der Waals surface area contributed by atoms with Crippen LogP contribution in [0.15, 0.2) is 30.3 Å². The van der Waals surface area contributed by atoms with Gasteiger partial charge in [-0.05, 0) is 0 Å². The molecule has 0 aromatic heterocycles. The van der Waals surface area contributed by atoms with E-state index in [2.05, 4.69) is 24.3 Å². The fourth-order valence-corrected chi connectivity index (χ4v) is 1.64. The molecule has 0 aliphatic rings. The Hall–Kier alpha value is -0.301. The van der Waals surface area contributed by atoms with Crippen molar-refractivity contribution in [3.8, 4) is 0 Å². The first-order valence-electron chi connectivity index (χ1n) is 3.13. The second kappa shape index (κ2) is 4.50. The Morgan fingerprint density at radius 1 is 1.30 bits per heavy atom. The zero-order valence-electron chi connectivity index (χ0n) is 5.91. The molecule has 0 aliphatic carbocycles. The molecular weight excluding hydrogens is 191 g/mol. The van der Waals surface area contributed by atoms with Gasteiger partial charge < -0.3 is 0 Å². The molecule has 0 N–H and O–H groups in total. The van der Waals surface area contributed by atoms with Gasteiger partial charge in [-0.15, -0.1) is 0 Å². The van der Waals surface area contributed by atoms with Crippen LogP contribution in [0.25, 0.3) is 0 Å². The molecule has 2 heteroatoms. The second-order valence-corrected chi connectivity index (χ2v) is 3.71. The maximum absolute atomic E-state index is 5.01. The zero-order valence-corrected chi connectivity index (χ0v) is 7.62. The molecule has 0 fully saturated rings. The van der Waals surface area contributed by atoms with Crippen molar-refractivity contribution < 1.29 is 3.82 Å². The summed E-state index contributed by atoms with van der Waals surface area (Å²) in [6.45, 7) is 0. The van der Waals surface area contributed by atoms with Gasteiger partial charge in [0.05, 0.1) is 0 Å². The van der Waals surface area contributed by atoms with Gasteiger partial charge in [-0.3, -0.25) is 0 Å². The molecule has 0 amide bonds. The number of rotatable bonds is 3.